The third-order valence-electron chi connectivity index (χ3n) is 6.55. The first kappa shape index (κ1) is 21.5. The van der Waals surface area contributed by atoms with Crippen LogP contribution < -0.4 is 5.32 Å². The number of H-pyrrole nitrogens is 1. The highest BCUT2D eigenvalue weighted by atomic mass is 19.1. The van der Waals surface area contributed by atoms with Crippen LogP contribution in [0.5, 0.6) is 0 Å². The first-order chi connectivity index (χ1) is 17.1. The normalized spacial score (nSPS) is 17.7. The second-order valence-electron chi connectivity index (χ2n) is 9.37. The van der Waals surface area contributed by atoms with Gasteiger partial charge in [0.2, 0.25) is 0 Å². The summed E-state index contributed by atoms with van der Waals surface area (Å²) in [4.78, 5) is 19.9. The van der Waals surface area contributed by atoms with Crippen LogP contribution in [-0.4, -0.2) is 61.7 Å². The van der Waals surface area contributed by atoms with Crippen molar-refractivity contribution in [2.75, 3.05) is 26.0 Å². The molecular weight excluding hydrogens is 443 g/mol. The fourth-order valence-electron chi connectivity index (χ4n) is 4.88. The van der Waals surface area contributed by atoms with Crippen molar-refractivity contribution in [2.45, 2.75) is 18.9 Å². The van der Waals surface area contributed by atoms with E-state index in [1.54, 1.807) is 12.3 Å². The van der Waals surface area contributed by atoms with Crippen molar-refractivity contribution in [1.29, 1.82) is 0 Å². The van der Waals surface area contributed by atoms with E-state index < -0.39 is 5.82 Å². The van der Waals surface area contributed by atoms with Crippen LogP contribution in [0.25, 0.3) is 44.6 Å². The van der Waals surface area contributed by atoms with Crippen LogP contribution in [0.15, 0.2) is 55.0 Å². The number of pyridine rings is 2. The molecule has 1 aliphatic rings. The molecule has 6 rings (SSSR count). The van der Waals surface area contributed by atoms with E-state index in [4.69, 9.17) is 0 Å². The molecule has 9 heteroatoms. The second kappa shape index (κ2) is 8.66. The maximum Gasteiger partial charge on any atom is 0.186 e. The van der Waals surface area contributed by atoms with Gasteiger partial charge in [-0.05, 0) is 57.1 Å². The lowest BCUT2D eigenvalue weighted by atomic mass is 9.80. The molecule has 0 amide bonds. The molecule has 35 heavy (non-hydrogen) atoms. The minimum Gasteiger partial charge on any atom is -0.367 e. The van der Waals surface area contributed by atoms with Crippen LogP contribution in [-0.2, 0) is 0 Å². The minimum absolute atomic E-state index is 0.283. The van der Waals surface area contributed by atoms with Crippen molar-refractivity contribution in [2.24, 2.45) is 5.92 Å². The second-order valence-corrected chi connectivity index (χ2v) is 9.37. The maximum atomic E-state index is 15.9. The van der Waals surface area contributed by atoms with Crippen molar-refractivity contribution >= 4 is 27.8 Å². The van der Waals surface area contributed by atoms with Crippen LogP contribution in [0.4, 0.5) is 10.2 Å². The molecule has 0 spiro atoms. The summed E-state index contributed by atoms with van der Waals surface area (Å²) < 4.78 is 15.9. The number of hydrogen-bond acceptors (Lipinski definition) is 7. The molecule has 0 radical (unpaired) electrons. The Kier molecular flexibility index (Phi) is 5.33. The third-order valence-corrected chi connectivity index (χ3v) is 6.55. The summed E-state index contributed by atoms with van der Waals surface area (Å²) in [6.45, 7) is 1.07. The highest BCUT2D eigenvalue weighted by Crippen LogP contribution is 2.36. The number of fused-ring (bicyclic) bond motifs is 2. The first-order valence-electron chi connectivity index (χ1n) is 11.7. The van der Waals surface area contributed by atoms with Gasteiger partial charge in [0.1, 0.15) is 17.7 Å². The monoisotopic (exact) mass is 468 g/mol. The molecule has 1 aromatic carbocycles. The van der Waals surface area contributed by atoms with Gasteiger partial charge in [-0.2, -0.15) is 5.10 Å². The predicted octanol–water partition coefficient (Wildman–Crippen LogP) is 4.52. The molecule has 2 N–H and O–H groups in total. The van der Waals surface area contributed by atoms with E-state index in [0.717, 1.165) is 19.4 Å². The molecule has 1 aliphatic carbocycles. The lowest BCUT2D eigenvalue weighted by molar-refractivity contribution is 0.212. The van der Waals surface area contributed by atoms with E-state index in [-0.39, 0.29) is 5.52 Å². The Balaban J connectivity index is 1.38. The highest BCUT2D eigenvalue weighted by molar-refractivity contribution is 6.00. The summed E-state index contributed by atoms with van der Waals surface area (Å²) in [5.41, 5.74) is 3.01. The van der Waals surface area contributed by atoms with Crippen LogP contribution >= 0.6 is 0 Å². The van der Waals surface area contributed by atoms with Crippen molar-refractivity contribution in [1.82, 2.24) is 35.0 Å². The fourth-order valence-corrected chi connectivity index (χ4v) is 4.88. The van der Waals surface area contributed by atoms with E-state index in [9.17, 15) is 0 Å². The molecule has 0 aliphatic heterocycles. The molecule has 176 valence electrons. The van der Waals surface area contributed by atoms with E-state index in [1.165, 1.54) is 6.33 Å². The van der Waals surface area contributed by atoms with Gasteiger partial charge in [-0.3, -0.25) is 10.1 Å². The number of benzene rings is 1. The zero-order valence-corrected chi connectivity index (χ0v) is 19.5. The molecule has 5 aromatic rings. The van der Waals surface area contributed by atoms with Crippen molar-refractivity contribution in [3.8, 4) is 22.6 Å². The molecule has 0 unspecified atom stereocenters. The van der Waals surface area contributed by atoms with E-state index >= 15 is 4.39 Å². The summed E-state index contributed by atoms with van der Waals surface area (Å²) in [5.74, 6) is 0.915. The first-order valence-corrected chi connectivity index (χ1v) is 11.7. The van der Waals surface area contributed by atoms with E-state index in [0.29, 0.717) is 56.8 Å². The highest BCUT2D eigenvalue weighted by Gasteiger charge is 2.30. The average molecular weight is 469 g/mol. The summed E-state index contributed by atoms with van der Waals surface area (Å²) in [7, 11) is 4.19. The SMILES string of the molecule is CN(C)CC1CC(Nc2ncnc3n[nH]c(-c4ccc5ccc(-c6ccccn6)nc5c4F)c23)C1. The largest absolute Gasteiger partial charge is 0.367 e. The van der Waals surface area contributed by atoms with Gasteiger partial charge in [-0.1, -0.05) is 18.2 Å². The number of halogens is 1. The quantitative estimate of drug-likeness (QED) is 0.378. The van der Waals surface area contributed by atoms with Crippen molar-refractivity contribution in [3.05, 3.63) is 60.8 Å². The number of aromatic amines is 1. The average Bonchev–Trinajstić information content (AvgIpc) is 3.28. The lowest BCUT2D eigenvalue weighted by Crippen LogP contribution is -2.40. The molecule has 1 fully saturated rings. The van der Waals surface area contributed by atoms with Crippen LogP contribution in [0.1, 0.15) is 12.8 Å². The minimum atomic E-state index is -0.421. The third kappa shape index (κ3) is 3.97. The summed E-state index contributed by atoms with van der Waals surface area (Å²) in [5, 5.41) is 12.2. The Hall–Kier alpha value is -3.98. The standard InChI is InChI=1S/C26H25FN8/c1-35(2)13-15-11-17(12-15)31-25-21-24(33-34-26(21)30-14-29-25)18-8-6-16-7-9-20(32-23(16)22(18)27)19-5-3-4-10-28-19/h3-10,14-15,17H,11-13H2,1-2H3,(H2,29,30,31,33,34). The predicted molar refractivity (Wildman–Crippen MR) is 134 cm³/mol. The number of anilines is 1. The molecular formula is C26H25FN8. The summed E-state index contributed by atoms with van der Waals surface area (Å²) in [6, 6.07) is 13.2. The number of aromatic nitrogens is 6. The topological polar surface area (TPSA) is 95.5 Å². The smallest absolute Gasteiger partial charge is 0.186 e. The molecule has 8 nitrogen and oxygen atoms in total. The summed E-state index contributed by atoms with van der Waals surface area (Å²) >= 11 is 0. The number of rotatable bonds is 6. The van der Waals surface area contributed by atoms with Crippen LogP contribution in [0, 0.1) is 11.7 Å². The number of nitrogens with one attached hydrogen (secondary N) is 2. The van der Waals surface area contributed by atoms with Gasteiger partial charge < -0.3 is 10.2 Å². The number of nitrogens with zero attached hydrogens (tertiary/aromatic N) is 6. The maximum absolute atomic E-state index is 15.9. The fraction of sp³-hybridized carbons (Fsp3) is 0.269. The molecule has 0 atom stereocenters. The zero-order chi connectivity index (χ0) is 23.9. The van der Waals surface area contributed by atoms with Gasteiger partial charge in [0.25, 0.3) is 0 Å². The Labute approximate surface area is 201 Å². The zero-order valence-electron chi connectivity index (χ0n) is 19.5. The molecule has 4 aromatic heterocycles. The summed E-state index contributed by atoms with van der Waals surface area (Å²) in [6.07, 6.45) is 5.33. The Morgan fingerprint density at radius 3 is 2.69 bits per heavy atom. The van der Waals surface area contributed by atoms with E-state index in [2.05, 4.69) is 54.4 Å². The van der Waals surface area contributed by atoms with Gasteiger partial charge in [0, 0.05) is 29.7 Å². The van der Waals surface area contributed by atoms with Gasteiger partial charge in [0.15, 0.2) is 11.5 Å². The van der Waals surface area contributed by atoms with Crippen LogP contribution in [0.2, 0.25) is 0 Å². The molecule has 4 heterocycles. The Bertz CT molecular complexity index is 1510. The van der Waals surface area contributed by atoms with Gasteiger partial charge in [-0.15, -0.1) is 0 Å². The Morgan fingerprint density at radius 2 is 1.89 bits per heavy atom. The van der Waals surface area contributed by atoms with Crippen molar-refractivity contribution in [3.63, 3.8) is 0 Å². The molecule has 1 saturated carbocycles. The molecule has 0 saturated heterocycles. The lowest BCUT2D eigenvalue weighted by Gasteiger charge is -2.37. The Morgan fingerprint density at radius 1 is 1.03 bits per heavy atom. The van der Waals surface area contributed by atoms with Gasteiger partial charge in [-0.25, -0.2) is 19.3 Å². The van der Waals surface area contributed by atoms with Crippen LogP contribution in [0.3, 0.4) is 0 Å². The van der Waals surface area contributed by atoms with Gasteiger partial charge in [0.05, 0.1) is 22.5 Å². The molecule has 0 bridgehead atoms. The number of hydrogen-bond donors (Lipinski definition) is 2. The van der Waals surface area contributed by atoms with Gasteiger partial charge >= 0.3 is 0 Å². The van der Waals surface area contributed by atoms with Crippen molar-refractivity contribution < 1.29 is 4.39 Å². The van der Waals surface area contributed by atoms with E-state index in [1.807, 2.05) is 36.4 Å².